The lowest BCUT2D eigenvalue weighted by Gasteiger charge is -2.10. The van der Waals surface area contributed by atoms with Gasteiger partial charge < -0.3 is 5.11 Å². The molecule has 0 unspecified atom stereocenters. The first-order chi connectivity index (χ1) is 5.84. The van der Waals surface area contributed by atoms with Crippen molar-refractivity contribution in [1.29, 1.82) is 0 Å². The Morgan fingerprint density at radius 2 is 1.77 bits per heavy atom. The van der Waals surface area contributed by atoms with E-state index >= 15 is 0 Å². The molecule has 0 saturated heterocycles. The van der Waals surface area contributed by atoms with E-state index in [-0.39, 0.29) is 4.47 Å². The number of phenolic OH excluding ortho intramolecular Hbond substituents is 1. The summed E-state index contributed by atoms with van der Waals surface area (Å²) in [7, 11) is 0. The summed E-state index contributed by atoms with van der Waals surface area (Å²) in [6.45, 7) is 0. The zero-order valence-electron chi connectivity index (χ0n) is 5.99. The van der Waals surface area contributed by atoms with Crippen LogP contribution in [0.15, 0.2) is 16.6 Å². The summed E-state index contributed by atoms with van der Waals surface area (Å²) in [5, 5.41) is 8.79. The van der Waals surface area contributed by atoms with Crippen molar-refractivity contribution < 1.29 is 22.7 Å². The van der Waals surface area contributed by atoms with Gasteiger partial charge in [-0.15, -0.1) is 0 Å². The van der Waals surface area contributed by atoms with Crippen LogP contribution in [0.25, 0.3) is 0 Å². The average molecular weight is 259 g/mol. The molecule has 0 saturated carbocycles. The van der Waals surface area contributed by atoms with Crippen LogP contribution in [-0.4, -0.2) is 5.11 Å². The SMILES string of the molecule is Oc1c(F)ccc(Br)c1C(F)(F)F. The molecule has 0 heterocycles. The largest absolute Gasteiger partial charge is 0.504 e. The highest BCUT2D eigenvalue weighted by molar-refractivity contribution is 9.10. The average Bonchev–Trinajstić information content (AvgIpc) is 1.95. The Hall–Kier alpha value is -0.780. The number of hydrogen-bond donors (Lipinski definition) is 1. The third-order valence-electron chi connectivity index (χ3n) is 1.36. The Bertz CT molecular complexity index is 334. The van der Waals surface area contributed by atoms with E-state index in [1.807, 2.05) is 0 Å². The van der Waals surface area contributed by atoms with Crippen molar-refractivity contribution in [3.63, 3.8) is 0 Å². The highest BCUT2D eigenvalue weighted by Gasteiger charge is 2.37. The normalized spacial score (nSPS) is 11.8. The second-order valence-corrected chi connectivity index (χ2v) is 3.10. The summed E-state index contributed by atoms with van der Waals surface area (Å²) >= 11 is 2.57. The Morgan fingerprint density at radius 3 is 2.15 bits per heavy atom. The molecule has 0 radical (unpaired) electrons. The number of halogens is 5. The van der Waals surface area contributed by atoms with Crippen LogP contribution >= 0.6 is 15.9 Å². The summed E-state index contributed by atoms with van der Waals surface area (Å²) in [6.07, 6.45) is -4.77. The first kappa shape index (κ1) is 10.3. The van der Waals surface area contributed by atoms with Gasteiger partial charge in [-0.05, 0) is 12.1 Å². The van der Waals surface area contributed by atoms with Gasteiger partial charge in [0, 0.05) is 4.47 Å². The quantitative estimate of drug-likeness (QED) is 0.708. The lowest BCUT2D eigenvalue weighted by atomic mass is 10.2. The van der Waals surface area contributed by atoms with Crippen molar-refractivity contribution in [3.05, 3.63) is 28.0 Å². The molecule has 0 aliphatic rings. The van der Waals surface area contributed by atoms with E-state index < -0.39 is 23.3 Å². The van der Waals surface area contributed by atoms with Crippen LogP contribution in [-0.2, 0) is 6.18 Å². The van der Waals surface area contributed by atoms with Crippen molar-refractivity contribution in [1.82, 2.24) is 0 Å². The van der Waals surface area contributed by atoms with Gasteiger partial charge >= 0.3 is 6.18 Å². The number of phenols is 1. The smallest absolute Gasteiger partial charge is 0.421 e. The minimum absolute atomic E-state index is 0.390. The fourth-order valence-corrected chi connectivity index (χ4v) is 1.36. The molecule has 1 N–H and O–H groups in total. The molecule has 1 nitrogen and oxygen atoms in total. The van der Waals surface area contributed by atoms with E-state index in [2.05, 4.69) is 15.9 Å². The Morgan fingerprint density at radius 1 is 1.23 bits per heavy atom. The van der Waals surface area contributed by atoms with Crippen LogP contribution in [0.5, 0.6) is 5.75 Å². The summed E-state index contributed by atoms with van der Waals surface area (Å²) in [5.41, 5.74) is -1.40. The molecular formula is C7H3BrF4O. The van der Waals surface area contributed by atoms with Gasteiger partial charge in [0.25, 0.3) is 0 Å². The van der Waals surface area contributed by atoms with Crippen molar-refractivity contribution in [3.8, 4) is 5.75 Å². The third kappa shape index (κ3) is 1.93. The maximum atomic E-state index is 12.5. The molecule has 0 aromatic heterocycles. The predicted molar refractivity (Wildman–Crippen MR) is 40.8 cm³/mol. The number of benzene rings is 1. The lowest BCUT2D eigenvalue weighted by molar-refractivity contribution is -0.139. The molecule has 6 heteroatoms. The minimum Gasteiger partial charge on any atom is -0.504 e. The molecule has 72 valence electrons. The first-order valence-corrected chi connectivity index (χ1v) is 3.87. The summed E-state index contributed by atoms with van der Waals surface area (Å²) in [6, 6.07) is 1.63. The Kier molecular flexibility index (Phi) is 2.51. The molecular weight excluding hydrogens is 256 g/mol. The van der Waals surface area contributed by atoms with Crippen molar-refractivity contribution in [2.45, 2.75) is 6.18 Å². The van der Waals surface area contributed by atoms with Crippen molar-refractivity contribution in [2.75, 3.05) is 0 Å². The molecule has 0 aliphatic carbocycles. The van der Waals surface area contributed by atoms with Crippen molar-refractivity contribution >= 4 is 15.9 Å². The van der Waals surface area contributed by atoms with Gasteiger partial charge in [0.05, 0.1) is 0 Å². The van der Waals surface area contributed by atoms with Gasteiger partial charge in [-0.25, -0.2) is 4.39 Å². The zero-order chi connectivity index (χ0) is 10.2. The van der Waals surface area contributed by atoms with Crippen LogP contribution in [0.2, 0.25) is 0 Å². The molecule has 0 amide bonds. The van der Waals surface area contributed by atoms with E-state index in [1.165, 1.54) is 0 Å². The second kappa shape index (κ2) is 3.17. The predicted octanol–water partition coefficient (Wildman–Crippen LogP) is 3.31. The number of rotatable bonds is 0. The highest BCUT2D eigenvalue weighted by Crippen LogP contribution is 2.41. The van der Waals surface area contributed by atoms with E-state index in [0.29, 0.717) is 0 Å². The zero-order valence-corrected chi connectivity index (χ0v) is 7.58. The van der Waals surface area contributed by atoms with Crippen molar-refractivity contribution in [2.24, 2.45) is 0 Å². The van der Waals surface area contributed by atoms with Gasteiger partial charge in [0.15, 0.2) is 11.6 Å². The second-order valence-electron chi connectivity index (χ2n) is 2.25. The molecule has 1 rings (SSSR count). The van der Waals surface area contributed by atoms with Crippen LogP contribution in [0, 0.1) is 5.82 Å². The van der Waals surface area contributed by atoms with Crippen LogP contribution < -0.4 is 0 Å². The van der Waals surface area contributed by atoms with Gasteiger partial charge in [-0.1, -0.05) is 15.9 Å². The topological polar surface area (TPSA) is 20.2 Å². The Labute approximate surface area is 79.1 Å². The number of alkyl halides is 3. The molecule has 0 fully saturated rings. The third-order valence-corrected chi connectivity index (χ3v) is 2.02. The summed E-state index contributed by atoms with van der Waals surface area (Å²) in [5.74, 6) is -2.68. The van der Waals surface area contributed by atoms with Crippen LogP contribution in [0.4, 0.5) is 17.6 Å². The molecule has 13 heavy (non-hydrogen) atoms. The lowest BCUT2D eigenvalue weighted by Crippen LogP contribution is -2.07. The van der Waals surface area contributed by atoms with Gasteiger partial charge in [0.2, 0.25) is 0 Å². The molecule has 1 aromatic carbocycles. The Balaban J connectivity index is 3.43. The first-order valence-electron chi connectivity index (χ1n) is 3.08. The number of aromatic hydroxyl groups is 1. The molecule has 0 bridgehead atoms. The standard InChI is InChI=1S/C7H3BrF4O/c8-3-1-2-4(9)6(13)5(3)7(10,11)12/h1-2,13H. The minimum atomic E-state index is -4.77. The van der Waals surface area contributed by atoms with Gasteiger partial charge in [-0.2, -0.15) is 13.2 Å². The summed E-state index contributed by atoms with van der Waals surface area (Å²) in [4.78, 5) is 0. The van der Waals surface area contributed by atoms with Crippen LogP contribution in [0.1, 0.15) is 5.56 Å². The maximum Gasteiger partial charge on any atom is 0.421 e. The fraction of sp³-hybridized carbons (Fsp3) is 0.143. The van der Waals surface area contributed by atoms with E-state index in [1.54, 1.807) is 0 Å². The van der Waals surface area contributed by atoms with Gasteiger partial charge in [0.1, 0.15) is 5.56 Å². The van der Waals surface area contributed by atoms with E-state index in [9.17, 15) is 17.6 Å². The summed E-state index contributed by atoms with van der Waals surface area (Å²) < 4.78 is 48.5. The van der Waals surface area contributed by atoms with E-state index in [4.69, 9.17) is 5.11 Å². The number of hydrogen-bond acceptors (Lipinski definition) is 1. The fourth-order valence-electron chi connectivity index (χ4n) is 0.811. The van der Waals surface area contributed by atoms with Gasteiger partial charge in [-0.3, -0.25) is 0 Å². The van der Waals surface area contributed by atoms with Crippen LogP contribution in [0.3, 0.4) is 0 Å². The molecule has 0 spiro atoms. The highest BCUT2D eigenvalue weighted by atomic mass is 79.9. The molecule has 0 aliphatic heterocycles. The molecule has 1 aromatic rings. The maximum absolute atomic E-state index is 12.5. The monoisotopic (exact) mass is 258 g/mol. The molecule has 0 atom stereocenters. The van der Waals surface area contributed by atoms with E-state index in [0.717, 1.165) is 12.1 Å².